The Morgan fingerprint density at radius 3 is 2.42 bits per heavy atom. The Bertz CT molecular complexity index is 461. The molecule has 1 unspecified atom stereocenters. The van der Waals surface area contributed by atoms with E-state index in [4.69, 9.17) is 9.84 Å². The van der Waals surface area contributed by atoms with Gasteiger partial charge >= 0.3 is 5.97 Å². The SMILES string of the molecule is COCC(NC(=O)C1Cc2ccccc2C1)C(=O)O. The summed E-state index contributed by atoms with van der Waals surface area (Å²) >= 11 is 0. The summed E-state index contributed by atoms with van der Waals surface area (Å²) in [5.74, 6) is -1.48. The second-order valence-corrected chi connectivity index (χ2v) is 4.73. The summed E-state index contributed by atoms with van der Waals surface area (Å²) in [7, 11) is 1.41. The van der Waals surface area contributed by atoms with E-state index in [-0.39, 0.29) is 18.4 Å². The molecule has 0 radical (unpaired) electrons. The number of ether oxygens (including phenoxy) is 1. The number of hydrogen-bond donors (Lipinski definition) is 2. The van der Waals surface area contributed by atoms with Crippen LogP contribution in [0.15, 0.2) is 24.3 Å². The molecule has 1 aromatic rings. The number of carboxylic acids is 1. The van der Waals surface area contributed by atoms with Crippen LogP contribution in [0.25, 0.3) is 0 Å². The fourth-order valence-corrected chi connectivity index (χ4v) is 2.38. The standard InChI is InChI=1S/C14H17NO4/c1-19-8-12(14(17)18)15-13(16)11-6-9-4-2-3-5-10(9)7-11/h2-5,11-12H,6-8H2,1H3,(H,15,16)(H,17,18). The Labute approximate surface area is 111 Å². The minimum Gasteiger partial charge on any atom is -0.480 e. The van der Waals surface area contributed by atoms with Gasteiger partial charge in [0.05, 0.1) is 6.61 Å². The molecule has 19 heavy (non-hydrogen) atoms. The highest BCUT2D eigenvalue weighted by Gasteiger charge is 2.30. The van der Waals surface area contributed by atoms with Crippen molar-refractivity contribution in [1.29, 1.82) is 0 Å². The molecule has 0 spiro atoms. The van der Waals surface area contributed by atoms with Gasteiger partial charge in [0.15, 0.2) is 6.04 Å². The minimum absolute atomic E-state index is 0.0270. The van der Waals surface area contributed by atoms with E-state index in [1.807, 2.05) is 24.3 Å². The molecule has 0 saturated heterocycles. The number of fused-ring (bicyclic) bond motifs is 1. The Morgan fingerprint density at radius 2 is 1.95 bits per heavy atom. The third kappa shape index (κ3) is 3.12. The molecule has 0 aromatic heterocycles. The highest BCUT2D eigenvalue weighted by molar-refractivity contribution is 5.86. The van der Waals surface area contributed by atoms with Gasteiger partial charge in [-0.15, -0.1) is 0 Å². The second-order valence-electron chi connectivity index (χ2n) is 4.73. The van der Waals surface area contributed by atoms with Crippen LogP contribution >= 0.6 is 0 Å². The lowest BCUT2D eigenvalue weighted by Gasteiger charge is -2.16. The molecule has 5 heteroatoms. The van der Waals surface area contributed by atoms with Crippen molar-refractivity contribution in [1.82, 2.24) is 5.32 Å². The van der Waals surface area contributed by atoms with Gasteiger partial charge in [0.2, 0.25) is 5.91 Å². The zero-order valence-electron chi connectivity index (χ0n) is 10.8. The molecule has 1 aliphatic carbocycles. The Balaban J connectivity index is 1.97. The Morgan fingerprint density at radius 1 is 1.37 bits per heavy atom. The minimum atomic E-state index is -1.08. The summed E-state index contributed by atoms with van der Waals surface area (Å²) in [4.78, 5) is 23.0. The summed E-state index contributed by atoms with van der Waals surface area (Å²) in [5, 5.41) is 11.5. The molecule has 1 amide bonds. The second kappa shape index (κ2) is 5.84. The molecule has 0 fully saturated rings. The average Bonchev–Trinajstić information content (AvgIpc) is 2.81. The molecule has 2 N–H and O–H groups in total. The molecular formula is C14H17NO4. The number of carboxylic acid groups (broad SMARTS) is 1. The van der Waals surface area contributed by atoms with Crippen molar-refractivity contribution in [3.8, 4) is 0 Å². The van der Waals surface area contributed by atoms with Crippen molar-refractivity contribution >= 4 is 11.9 Å². The lowest BCUT2D eigenvalue weighted by atomic mass is 10.1. The summed E-state index contributed by atoms with van der Waals surface area (Å²) in [5.41, 5.74) is 2.34. The molecule has 0 heterocycles. The van der Waals surface area contributed by atoms with Crippen LogP contribution < -0.4 is 5.32 Å². The first-order valence-electron chi connectivity index (χ1n) is 6.20. The topological polar surface area (TPSA) is 75.6 Å². The summed E-state index contributed by atoms with van der Waals surface area (Å²) in [6.07, 6.45) is 1.34. The van der Waals surface area contributed by atoms with Crippen molar-refractivity contribution in [2.75, 3.05) is 13.7 Å². The lowest BCUT2D eigenvalue weighted by Crippen LogP contribution is -2.46. The number of amides is 1. The first-order valence-corrected chi connectivity index (χ1v) is 6.20. The number of benzene rings is 1. The van der Waals surface area contributed by atoms with Crippen molar-refractivity contribution in [3.63, 3.8) is 0 Å². The van der Waals surface area contributed by atoms with E-state index >= 15 is 0 Å². The number of carbonyl (C=O) groups is 2. The summed E-state index contributed by atoms with van der Waals surface area (Å²) < 4.78 is 4.80. The van der Waals surface area contributed by atoms with Crippen LogP contribution in [0, 0.1) is 5.92 Å². The quantitative estimate of drug-likeness (QED) is 0.816. The predicted octanol–water partition coefficient (Wildman–Crippen LogP) is 0.617. The maximum Gasteiger partial charge on any atom is 0.328 e. The fraction of sp³-hybridized carbons (Fsp3) is 0.429. The Hall–Kier alpha value is -1.88. The van der Waals surface area contributed by atoms with Crippen LogP contribution in [0.3, 0.4) is 0 Å². The molecule has 5 nitrogen and oxygen atoms in total. The first kappa shape index (κ1) is 13.5. The average molecular weight is 263 g/mol. The van der Waals surface area contributed by atoms with E-state index in [1.54, 1.807) is 0 Å². The molecule has 0 saturated carbocycles. The molecule has 0 bridgehead atoms. The maximum atomic E-state index is 12.1. The summed E-state index contributed by atoms with van der Waals surface area (Å²) in [6, 6.07) is 6.92. The molecule has 0 aliphatic heterocycles. The van der Waals surface area contributed by atoms with E-state index in [0.29, 0.717) is 12.8 Å². The number of carbonyl (C=O) groups excluding carboxylic acids is 1. The maximum absolute atomic E-state index is 12.1. The van der Waals surface area contributed by atoms with Crippen molar-refractivity contribution in [2.24, 2.45) is 5.92 Å². The van der Waals surface area contributed by atoms with Crippen LogP contribution in [0.4, 0.5) is 0 Å². The van der Waals surface area contributed by atoms with Crippen molar-refractivity contribution in [3.05, 3.63) is 35.4 Å². The third-order valence-electron chi connectivity index (χ3n) is 3.37. The van der Waals surface area contributed by atoms with Crippen LogP contribution in [-0.2, 0) is 27.2 Å². The summed E-state index contributed by atoms with van der Waals surface area (Å²) in [6.45, 7) is -0.0270. The van der Waals surface area contributed by atoms with Crippen LogP contribution in [-0.4, -0.2) is 36.7 Å². The fourth-order valence-electron chi connectivity index (χ4n) is 2.38. The number of methoxy groups -OCH3 is 1. The lowest BCUT2D eigenvalue weighted by molar-refractivity contribution is -0.143. The third-order valence-corrected chi connectivity index (χ3v) is 3.37. The number of hydrogen-bond acceptors (Lipinski definition) is 3. The van der Waals surface area contributed by atoms with Gasteiger partial charge in [-0.1, -0.05) is 24.3 Å². The monoisotopic (exact) mass is 263 g/mol. The smallest absolute Gasteiger partial charge is 0.328 e. The van der Waals surface area contributed by atoms with E-state index in [1.165, 1.54) is 18.2 Å². The zero-order valence-corrected chi connectivity index (χ0v) is 10.8. The van der Waals surface area contributed by atoms with E-state index < -0.39 is 12.0 Å². The number of aliphatic carboxylic acids is 1. The van der Waals surface area contributed by atoms with Gasteiger partial charge in [0.1, 0.15) is 0 Å². The number of nitrogens with one attached hydrogen (secondary N) is 1. The van der Waals surface area contributed by atoms with Crippen LogP contribution in [0.2, 0.25) is 0 Å². The number of rotatable bonds is 5. The van der Waals surface area contributed by atoms with Gasteiger partial charge in [0, 0.05) is 13.0 Å². The van der Waals surface area contributed by atoms with Gasteiger partial charge in [-0.05, 0) is 24.0 Å². The van der Waals surface area contributed by atoms with Gasteiger partial charge < -0.3 is 15.2 Å². The van der Waals surface area contributed by atoms with E-state index in [9.17, 15) is 9.59 Å². The normalized spacial score (nSPS) is 15.8. The zero-order chi connectivity index (χ0) is 13.8. The molecule has 1 atom stereocenters. The van der Waals surface area contributed by atoms with Gasteiger partial charge in [-0.2, -0.15) is 0 Å². The predicted molar refractivity (Wildman–Crippen MR) is 68.8 cm³/mol. The van der Waals surface area contributed by atoms with Gasteiger partial charge in [-0.25, -0.2) is 4.79 Å². The molecule has 1 aliphatic rings. The highest BCUT2D eigenvalue weighted by Crippen LogP contribution is 2.26. The van der Waals surface area contributed by atoms with Crippen LogP contribution in [0.1, 0.15) is 11.1 Å². The Kier molecular flexibility index (Phi) is 4.16. The largest absolute Gasteiger partial charge is 0.480 e. The van der Waals surface area contributed by atoms with Crippen molar-refractivity contribution in [2.45, 2.75) is 18.9 Å². The van der Waals surface area contributed by atoms with Crippen molar-refractivity contribution < 1.29 is 19.4 Å². The molecule has 2 rings (SSSR count). The highest BCUT2D eigenvalue weighted by atomic mass is 16.5. The van der Waals surface area contributed by atoms with E-state index in [0.717, 1.165) is 0 Å². The van der Waals surface area contributed by atoms with Gasteiger partial charge in [-0.3, -0.25) is 4.79 Å². The van der Waals surface area contributed by atoms with Crippen LogP contribution in [0.5, 0.6) is 0 Å². The molecule has 102 valence electrons. The molecular weight excluding hydrogens is 246 g/mol. The van der Waals surface area contributed by atoms with Gasteiger partial charge in [0.25, 0.3) is 0 Å². The first-order chi connectivity index (χ1) is 9.11. The molecule has 1 aromatic carbocycles. The van der Waals surface area contributed by atoms with E-state index in [2.05, 4.69) is 5.32 Å².